The highest BCUT2D eigenvalue weighted by atomic mass is 16.5. The van der Waals surface area contributed by atoms with Crippen LogP contribution < -0.4 is 4.74 Å². The van der Waals surface area contributed by atoms with Crippen LogP contribution in [-0.4, -0.2) is 54.4 Å². The molecule has 1 heterocycles. The van der Waals surface area contributed by atoms with Crippen molar-refractivity contribution in [1.29, 1.82) is 0 Å². The van der Waals surface area contributed by atoms with Gasteiger partial charge in [0.2, 0.25) is 6.41 Å². The number of piperazine rings is 1. The fourth-order valence-corrected chi connectivity index (χ4v) is 2.59. The van der Waals surface area contributed by atoms with Crippen LogP contribution in [0.2, 0.25) is 0 Å². The molecule has 1 aliphatic heterocycles. The Morgan fingerprint density at radius 3 is 2.17 bits per heavy atom. The highest BCUT2D eigenvalue weighted by molar-refractivity contribution is 5.81. The second kappa shape index (κ2) is 7.02. The quantitative estimate of drug-likeness (QED) is 0.799. The largest absolute Gasteiger partial charge is 0.481 e. The minimum absolute atomic E-state index is 0.0320. The number of carbonyl (C=O) groups is 2. The predicted octanol–water partition coefficient (Wildman–Crippen LogP) is 2.05. The zero-order valence-electron chi connectivity index (χ0n) is 14.4. The van der Waals surface area contributed by atoms with Crippen LogP contribution in [0.4, 0.5) is 0 Å². The Morgan fingerprint density at radius 2 is 1.70 bits per heavy atom. The molecule has 0 spiro atoms. The molecule has 0 saturated carbocycles. The molecular weight excluding hydrogens is 292 g/mol. The summed E-state index contributed by atoms with van der Waals surface area (Å²) in [6.45, 7) is 10.6. The van der Waals surface area contributed by atoms with Crippen LogP contribution in [0.5, 0.6) is 5.75 Å². The maximum atomic E-state index is 12.4. The molecule has 2 amide bonds. The van der Waals surface area contributed by atoms with Gasteiger partial charge in [-0.1, -0.05) is 32.9 Å². The van der Waals surface area contributed by atoms with Crippen molar-refractivity contribution in [3.63, 3.8) is 0 Å². The lowest BCUT2D eigenvalue weighted by atomic mass is 9.87. The molecule has 0 N–H and O–H groups in total. The summed E-state index contributed by atoms with van der Waals surface area (Å²) in [5, 5.41) is 0. The first kappa shape index (κ1) is 17.3. The molecular formula is C18H26N2O3. The molecule has 1 fully saturated rings. The van der Waals surface area contributed by atoms with Crippen LogP contribution in [0, 0.1) is 0 Å². The molecule has 1 aromatic rings. The van der Waals surface area contributed by atoms with Gasteiger partial charge in [-0.3, -0.25) is 9.59 Å². The number of hydrogen-bond donors (Lipinski definition) is 0. The molecule has 126 valence electrons. The molecule has 1 atom stereocenters. The van der Waals surface area contributed by atoms with Crippen molar-refractivity contribution < 1.29 is 14.3 Å². The molecule has 1 saturated heterocycles. The van der Waals surface area contributed by atoms with E-state index in [-0.39, 0.29) is 11.3 Å². The third-order valence-corrected chi connectivity index (χ3v) is 4.16. The standard InChI is InChI=1S/C18H26N2O3/c1-14(17(22)20-11-9-19(13-21)10-12-20)23-16-7-5-15(6-8-16)18(2,3)4/h5-8,13-14H,9-12H2,1-4H3. The third kappa shape index (κ3) is 4.47. The van der Waals surface area contributed by atoms with E-state index in [9.17, 15) is 9.59 Å². The molecule has 1 aliphatic rings. The third-order valence-electron chi connectivity index (χ3n) is 4.16. The molecule has 5 nitrogen and oxygen atoms in total. The van der Waals surface area contributed by atoms with Crippen molar-refractivity contribution in [3.8, 4) is 5.75 Å². The van der Waals surface area contributed by atoms with Gasteiger partial charge in [-0.25, -0.2) is 0 Å². The smallest absolute Gasteiger partial charge is 0.263 e. The molecule has 0 radical (unpaired) electrons. The van der Waals surface area contributed by atoms with Crippen molar-refractivity contribution in [2.45, 2.75) is 39.2 Å². The van der Waals surface area contributed by atoms with Gasteiger partial charge in [0.15, 0.2) is 6.10 Å². The SMILES string of the molecule is CC(Oc1ccc(C(C)(C)C)cc1)C(=O)N1CCN(C=O)CC1. The molecule has 0 bridgehead atoms. The summed E-state index contributed by atoms with van der Waals surface area (Å²) >= 11 is 0. The molecule has 1 aromatic carbocycles. The maximum absolute atomic E-state index is 12.4. The van der Waals surface area contributed by atoms with Gasteiger partial charge in [-0.05, 0) is 30.0 Å². The van der Waals surface area contributed by atoms with E-state index in [0.29, 0.717) is 31.9 Å². The van der Waals surface area contributed by atoms with Crippen LogP contribution in [0.1, 0.15) is 33.3 Å². The Balaban J connectivity index is 1.92. The van der Waals surface area contributed by atoms with Gasteiger partial charge >= 0.3 is 0 Å². The van der Waals surface area contributed by atoms with E-state index in [1.807, 2.05) is 24.3 Å². The first-order valence-corrected chi connectivity index (χ1v) is 8.06. The second-order valence-electron chi connectivity index (χ2n) is 7.00. The normalized spacial score (nSPS) is 16.9. The Morgan fingerprint density at radius 1 is 1.13 bits per heavy atom. The van der Waals surface area contributed by atoms with E-state index in [1.54, 1.807) is 16.7 Å². The Kier molecular flexibility index (Phi) is 5.29. The lowest BCUT2D eigenvalue weighted by Gasteiger charge is -2.34. The van der Waals surface area contributed by atoms with Gasteiger partial charge in [-0.15, -0.1) is 0 Å². The number of hydrogen-bond acceptors (Lipinski definition) is 3. The number of amides is 2. The minimum atomic E-state index is -0.529. The van der Waals surface area contributed by atoms with E-state index in [4.69, 9.17) is 4.74 Å². The summed E-state index contributed by atoms with van der Waals surface area (Å²) in [7, 11) is 0. The van der Waals surface area contributed by atoms with Gasteiger partial charge in [0.05, 0.1) is 0 Å². The van der Waals surface area contributed by atoms with Crippen molar-refractivity contribution in [1.82, 2.24) is 9.80 Å². The summed E-state index contributed by atoms with van der Waals surface area (Å²) in [5.74, 6) is 0.667. The van der Waals surface area contributed by atoms with Crippen LogP contribution >= 0.6 is 0 Å². The summed E-state index contributed by atoms with van der Waals surface area (Å²) in [4.78, 5) is 26.6. The number of carbonyl (C=O) groups excluding carboxylic acids is 2. The summed E-state index contributed by atoms with van der Waals surface area (Å²) in [6.07, 6.45) is 0.302. The van der Waals surface area contributed by atoms with Crippen LogP contribution in [0.15, 0.2) is 24.3 Å². The second-order valence-corrected chi connectivity index (χ2v) is 7.00. The topological polar surface area (TPSA) is 49.9 Å². The summed E-state index contributed by atoms with van der Waals surface area (Å²) < 4.78 is 5.78. The number of benzene rings is 1. The van der Waals surface area contributed by atoms with Crippen LogP contribution in [-0.2, 0) is 15.0 Å². The molecule has 2 rings (SSSR count). The monoisotopic (exact) mass is 318 g/mol. The molecule has 1 unspecified atom stereocenters. The lowest BCUT2D eigenvalue weighted by molar-refractivity contribution is -0.141. The predicted molar refractivity (Wildman–Crippen MR) is 89.4 cm³/mol. The minimum Gasteiger partial charge on any atom is -0.481 e. The van der Waals surface area contributed by atoms with Gasteiger partial charge in [0.1, 0.15) is 5.75 Å². The first-order chi connectivity index (χ1) is 10.8. The highest BCUT2D eigenvalue weighted by Gasteiger charge is 2.25. The van der Waals surface area contributed by atoms with Crippen LogP contribution in [0.3, 0.4) is 0 Å². The Labute approximate surface area is 138 Å². The lowest BCUT2D eigenvalue weighted by Crippen LogP contribution is -2.51. The van der Waals surface area contributed by atoms with Crippen molar-refractivity contribution in [3.05, 3.63) is 29.8 Å². The van der Waals surface area contributed by atoms with E-state index < -0.39 is 6.10 Å². The average molecular weight is 318 g/mol. The first-order valence-electron chi connectivity index (χ1n) is 8.06. The molecule has 23 heavy (non-hydrogen) atoms. The number of rotatable bonds is 4. The summed E-state index contributed by atoms with van der Waals surface area (Å²) in [6, 6.07) is 7.90. The highest BCUT2D eigenvalue weighted by Crippen LogP contribution is 2.24. The van der Waals surface area contributed by atoms with Gasteiger partial charge in [0.25, 0.3) is 5.91 Å². The van der Waals surface area contributed by atoms with E-state index in [1.165, 1.54) is 5.56 Å². The maximum Gasteiger partial charge on any atom is 0.263 e. The average Bonchev–Trinajstić information content (AvgIpc) is 2.54. The van der Waals surface area contributed by atoms with Crippen molar-refractivity contribution in [2.75, 3.05) is 26.2 Å². The van der Waals surface area contributed by atoms with Crippen LogP contribution in [0.25, 0.3) is 0 Å². The molecule has 5 heteroatoms. The van der Waals surface area contributed by atoms with E-state index in [2.05, 4.69) is 20.8 Å². The fraction of sp³-hybridized carbons (Fsp3) is 0.556. The Bertz CT molecular complexity index is 540. The fourth-order valence-electron chi connectivity index (χ4n) is 2.59. The van der Waals surface area contributed by atoms with Gasteiger partial charge in [-0.2, -0.15) is 0 Å². The zero-order chi connectivity index (χ0) is 17.0. The Hall–Kier alpha value is -2.04. The molecule has 0 aromatic heterocycles. The van der Waals surface area contributed by atoms with Crippen molar-refractivity contribution in [2.24, 2.45) is 0 Å². The summed E-state index contributed by atoms with van der Waals surface area (Å²) in [5.41, 5.74) is 1.33. The van der Waals surface area contributed by atoms with E-state index >= 15 is 0 Å². The van der Waals surface area contributed by atoms with Crippen molar-refractivity contribution >= 4 is 12.3 Å². The molecule has 0 aliphatic carbocycles. The number of nitrogens with zero attached hydrogens (tertiary/aromatic N) is 2. The van der Waals surface area contributed by atoms with E-state index in [0.717, 1.165) is 6.41 Å². The number of ether oxygens (including phenoxy) is 1. The van der Waals surface area contributed by atoms with Gasteiger partial charge < -0.3 is 14.5 Å². The zero-order valence-corrected chi connectivity index (χ0v) is 14.4. The van der Waals surface area contributed by atoms with Gasteiger partial charge in [0, 0.05) is 26.2 Å².